The van der Waals surface area contributed by atoms with Crippen molar-refractivity contribution < 1.29 is 19.1 Å². The molecule has 1 rings (SSSR count). The van der Waals surface area contributed by atoms with Crippen molar-refractivity contribution in [3.8, 4) is 0 Å². The van der Waals surface area contributed by atoms with Gasteiger partial charge in [-0.2, -0.15) is 0 Å². The van der Waals surface area contributed by atoms with Crippen LogP contribution in [0.3, 0.4) is 0 Å². The Morgan fingerprint density at radius 3 is 2.19 bits per heavy atom. The Labute approximate surface area is 124 Å². The first-order valence-electron chi connectivity index (χ1n) is 7.23. The van der Waals surface area contributed by atoms with Crippen LogP contribution in [0, 0.1) is 0 Å². The van der Waals surface area contributed by atoms with Gasteiger partial charge in [-0.3, -0.25) is 9.59 Å². The maximum atomic E-state index is 11.8. The van der Waals surface area contributed by atoms with Crippen LogP contribution in [-0.2, 0) is 14.3 Å². The minimum Gasteiger partial charge on any atom is -0.378 e. The van der Waals surface area contributed by atoms with Gasteiger partial charge in [-0.25, -0.2) is 4.79 Å². The molecule has 0 aromatic rings. The van der Waals surface area contributed by atoms with E-state index >= 15 is 0 Å². The van der Waals surface area contributed by atoms with Gasteiger partial charge in [0.1, 0.15) is 0 Å². The minimum absolute atomic E-state index is 0.0702. The zero-order valence-corrected chi connectivity index (χ0v) is 12.7. The maximum absolute atomic E-state index is 11.8. The van der Waals surface area contributed by atoms with E-state index in [4.69, 9.17) is 4.74 Å². The van der Waals surface area contributed by atoms with Crippen molar-refractivity contribution in [2.75, 3.05) is 52.5 Å². The van der Waals surface area contributed by atoms with Crippen molar-refractivity contribution in [1.82, 2.24) is 20.4 Å². The second kappa shape index (κ2) is 9.17. The zero-order chi connectivity index (χ0) is 15.7. The van der Waals surface area contributed by atoms with Crippen molar-refractivity contribution in [3.63, 3.8) is 0 Å². The van der Waals surface area contributed by atoms with E-state index in [2.05, 4.69) is 10.6 Å². The van der Waals surface area contributed by atoms with Crippen LogP contribution >= 0.6 is 0 Å². The number of ether oxygens (including phenoxy) is 1. The first-order chi connectivity index (χ1) is 10.1. The van der Waals surface area contributed by atoms with E-state index in [9.17, 15) is 14.4 Å². The molecule has 0 aromatic carbocycles. The van der Waals surface area contributed by atoms with Crippen LogP contribution in [0.15, 0.2) is 0 Å². The van der Waals surface area contributed by atoms with Gasteiger partial charge in [0.15, 0.2) is 0 Å². The molecule has 0 spiro atoms. The molecule has 1 aliphatic heterocycles. The summed E-state index contributed by atoms with van der Waals surface area (Å²) in [7, 11) is 0. The van der Waals surface area contributed by atoms with Gasteiger partial charge < -0.3 is 25.2 Å². The first kappa shape index (κ1) is 17.2. The van der Waals surface area contributed by atoms with Crippen LogP contribution in [-0.4, -0.2) is 80.1 Å². The number of hydrogen-bond acceptors (Lipinski definition) is 4. The van der Waals surface area contributed by atoms with E-state index in [-0.39, 0.29) is 24.9 Å². The van der Waals surface area contributed by atoms with Gasteiger partial charge in [-0.15, -0.1) is 0 Å². The molecule has 1 fully saturated rings. The normalized spacial score (nSPS) is 14.5. The lowest BCUT2D eigenvalue weighted by Gasteiger charge is -2.26. The van der Waals surface area contributed by atoms with Gasteiger partial charge in [0.25, 0.3) is 0 Å². The summed E-state index contributed by atoms with van der Waals surface area (Å²) < 4.78 is 5.15. The third-order valence-electron chi connectivity index (χ3n) is 3.28. The lowest BCUT2D eigenvalue weighted by molar-refractivity contribution is -0.134. The van der Waals surface area contributed by atoms with Crippen LogP contribution in [0.25, 0.3) is 0 Å². The molecule has 0 aliphatic carbocycles. The Morgan fingerprint density at radius 2 is 1.62 bits per heavy atom. The van der Waals surface area contributed by atoms with Crippen LogP contribution < -0.4 is 10.6 Å². The van der Waals surface area contributed by atoms with Gasteiger partial charge in [0, 0.05) is 26.2 Å². The SMILES string of the molecule is CCN(CC)C(=O)CNC(=O)NCC(=O)N1CCOCC1. The monoisotopic (exact) mass is 300 g/mol. The summed E-state index contributed by atoms with van der Waals surface area (Å²) in [6, 6.07) is -0.517. The maximum Gasteiger partial charge on any atom is 0.315 e. The van der Waals surface area contributed by atoms with Crippen molar-refractivity contribution in [2.45, 2.75) is 13.8 Å². The van der Waals surface area contributed by atoms with Crippen LogP contribution in [0.5, 0.6) is 0 Å². The summed E-state index contributed by atoms with van der Waals surface area (Å²) in [5.41, 5.74) is 0. The predicted molar refractivity (Wildman–Crippen MR) is 76.7 cm³/mol. The summed E-state index contributed by atoms with van der Waals surface area (Å²) in [6.07, 6.45) is 0. The van der Waals surface area contributed by atoms with E-state index in [0.717, 1.165) is 0 Å². The zero-order valence-electron chi connectivity index (χ0n) is 12.7. The second-order valence-electron chi connectivity index (χ2n) is 4.60. The number of amides is 4. The number of carbonyl (C=O) groups is 3. The number of carbonyl (C=O) groups excluding carboxylic acids is 3. The molecule has 2 N–H and O–H groups in total. The fourth-order valence-electron chi connectivity index (χ4n) is 1.99. The number of nitrogens with zero attached hydrogens (tertiary/aromatic N) is 2. The Hall–Kier alpha value is -1.83. The highest BCUT2D eigenvalue weighted by molar-refractivity contribution is 5.87. The lowest BCUT2D eigenvalue weighted by atomic mass is 10.4. The number of urea groups is 1. The molecule has 0 unspecified atom stereocenters. The van der Waals surface area contributed by atoms with Gasteiger partial charge in [-0.1, -0.05) is 0 Å². The largest absolute Gasteiger partial charge is 0.378 e. The highest BCUT2D eigenvalue weighted by atomic mass is 16.5. The molecule has 8 nitrogen and oxygen atoms in total. The molecule has 0 radical (unpaired) electrons. The molecule has 0 saturated carbocycles. The molecule has 120 valence electrons. The molecule has 8 heteroatoms. The van der Waals surface area contributed by atoms with E-state index < -0.39 is 6.03 Å². The number of nitrogens with one attached hydrogen (secondary N) is 2. The average molecular weight is 300 g/mol. The van der Waals surface area contributed by atoms with Crippen LogP contribution in [0.2, 0.25) is 0 Å². The Kier molecular flexibility index (Phi) is 7.52. The predicted octanol–water partition coefficient (Wildman–Crippen LogP) is -0.987. The number of likely N-dealkylation sites (N-methyl/N-ethyl adjacent to an activating group) is 1. The first-order valence-corrected chi connectivity index (χ1v) is 7.23. The third-order valence-corrected chi connectivity index (χ3v) is 3.28. The van der Waals surface area contributed by atoms with E-state index in [1.807, 2.05) is 13.8 Å². The number of rotatable bonds is 6. The molecular weight excluding hydrogens is 276 g/mol. The fraction of sp³-hybridized carbons (Fsp3) is 0.769. The van der Waals surface area contributed by atoms with Crippen molar-refractivity contribution in [3.05, 3.63) is 0 Å². The summed E-state index contributed by atoms with van der Waals surface area (Å²) >= 11 is 0. The van der Waals surface area contributed by atoms with Gasteiger partial charge in [0.2, 0.25) is 11.8 Å². The Bertz CT molecular complexity index is 365. The molecule has 1 aliphatic rings. The summed E-state index contributed by atoms with van der Waals surface area (Å²) in [5, 5.41) is 4.91. The average Bonchev–Trinajstić information content (AvgIpc) is 2.52. The molecule has 0 aromatic heterocycles. The standard InChI is InChI=1S/C13H24N4O4/c1-3-16(4-2)11(18)9-14-13(20)15-10-12(19)17-5-7-21-8-6-17/h3-10H2,1-2H3,(H2,14,15,20). The Balaban J connectivity index is 2.21. The van der Waals surface area contributed by atoms with Crippen molar-refractivity contribution in [1.29, 1.82) is 0 Å². The minimum atomic E-state index is -0.517. The molecule has 0 atom stereocenters. The second-order valence-corrected chi connectivity index (χ2v) is 4.60. The van der Waals surface area contributed by atoms with Crippen molar-refractivity contribution >= 4 is 17.8 Å². The quantitative estimate of drug-likeness (QED) is 0.659. The Morgan fingerprint density at radius 1 is 1.05 bits per heavy atom. The van der Waals surface area contributed by atoms with E-state index in [1.165, 1.54) is 0 Å². The van der Waals surface area contributed by atoms with Gasteiger partial charge in [-0.05, 0) is 13.8 Å². The van der Waals surface area contributed by atoms with Crippen LogP contribution in [0.4, 0.5) is 4.79 Å². The molecular formula is C13H24N4O4. The van der Waals surface area contributed by atoms with Crippen LogP contribution in [0.1, 0.15) is 13.8 Å². The summed E-state index contributed by atoms with van der Waals surface area (Å²) in [6.45, 7) is 6.95. The van der Waals surface area contributed by atoms with E-state index in [1.54, 1.807) is 9.80 Å². The van der Waals surface area contributed by atoms with E-state index in [0.29, 0.717) is 39.4 Å². The molecule has 4 amide bonds. The summed E-state index contributed by atoms with van der Waals surface area (Å²) in [5.74, 6) is -0.293. The topological polar surface area (TPSA) is 91.0 Å². The third kappa shape index (κ3) is 5.99. The summed E-state index contributed by atoms with van der Waals surface area (Å²) in [4.78, 5) is 38.3. The molecule has 1 saturated heterocycles. The molecule has 0 bridgehead atoms. The lowest BCUT2D eigenvalue weighted by Crippen LogP contribution is -2.48. The number of morpholine rings is 1. The fourth-order valence-corrected chi connectivity index (χ4v) is 1.99. The molecule has 1 heterocycles. The van der Waals surface area contributed by atoms with Crippen molar-refractivity contribution in [2.24, 2.45) is 0 Å². The smallest absolute Gasteiger partial charge is 0.315 e. The van der Waals surface area contributed by atoms with Gasteiger partial charge >= 0.3 is 6.03 Å². The highest BCUT2D eigenvalue weighted by Crippen LogP contribution is 1.96. The number of hydrogen-bond donors (Lipinski definition) is 2. The highest BCUT2D eigenvalue weighted by Gasteiger charge is 2.17. The van der Waals surface area contributed by atoms with Gasteiger partial charge in [0.05, 0.1) is 26.3 Å². The molecule has 21 heavy (non-hydrogen) atoms.